The molecule has 0 spiro atoms. The summed E-state index contributed by atoms with van der Waals surface area (Å²) in [6.07, 6.45) is 3.02. The third-order valence-electron chi connectivity index (χ3n) is 3.65. The minimum atomic E-state index is -1.17. The lowest BCUT2D eigenvalue weighted by Crippen LogP contribution is -2.35. The van der Waals surface area contributed by atoms with Crippen LogP contribution >= 0.6 is 0 Å². The molecule has 2 aromatic rings. The summed E-state index contributed by atoms with van der Waals surface area (Å²) in [6, 6.07) is 10.4. The number of carbonyl (C=O) groups excluding carboxylic acids is 2. The summed E-state index contributed by atoms with van der Waals surface area (Å²) >= 11 is 0. The average Bonchev–Trinajstić information content (AvgIpc) is 2.63. The molecule has 2 N–H and O–H groups in total. The molecule has 0 atom stereocenters. The number of hydrogen-bond acceptors (Lipinski definition) is 2. The van der Waals surface area contributed by atoms with Crippen LogP contribution in [0, 0.1) is 17.6 Å². The molecule has 6 heteroatoms. The second-order valence-electron chi connectivity index (χ2n) is 5.42. The van der Waals surface area contributed by atoms with Crippen molar-refractivity contribution < 1.29 is 18.4 Å². The monoisotopic (exact) mass is 356 g/mol. The first-order chi connectivity index (χ1) is 12.4. The molecule has 0 aliphatic rings. The Morgan fingerprint density at radius 1 is 0.885 bits per heavy atom. The normalized spacial score (nSPS) is 11.2. The third-order valence-corrected chi connectivity index (χ3v) is 3.65. The molecule has 4 nitrogen and oxygen atoms in total. The highest BCUT2D eigenvalue weighted by Gasteiger charge is 2.29. The number of hydrogen-bond donors (Lipinski definition) is 2. The van der Waals surface area contributed by atoms with E-state index in [9.17, 15) is 18.4 Å². The van der Waals surface area contributed by atoms with E-state index in [-0.39, 0.29) is 0 Å². The van der Waals surface area contributed by atoms with Crippen LogP contribution in [0.25, 0.3) is 0 Å². The number of halogens is 2. The quantitative estimate of drug-likeness (QED) is 0.599. The van der Waals surface area contributed by atoms with Crippen LogP contribution < -0.4 is 10.6 Å². The van der Waals surface area contributed by atoms with Crippen molar-refractivity contribution in [2.75, 3.05) is 10.6 Å². The average molecular weight is 356 g/mol. The van der Waals surface area contributed by atoms with Crippen LogP contribution in [0.2, 0.25) is 0 Å². The Morgan fingerprint density at radius 3 is 1.58 bits per heavy atom. The first-order valence-corrected chi connectivity index (χ1v) is 7.86. The lowest BCUT2D eigenvalue weighted by Gasteiger charge is -2.18. The summed E-state index contributed by atoms with van der Waals surface area (Å²) in [6.45, 7) is 5.31. The van der Waals surface area contributed by atoms with Gasteiger partial charge >= 0.3 is 0 Å². The summed E-state index contributed by atoms with van der Waals surface area (Å²) in [5.41, 5.74) is 1.12. The number of amides is 2. The number of rotatable bonds is 6. The van der Waals surface area contributed by atoms with Crippen molar-refractivity contribution in [1.29, 1.82) is 0 Å². The lowest BCUT2D eigenvalue weighted by molar-refractivity contribution is -0.127. The van der Waals surface area contributed by atoms with E-state index in [4.69, 9.17) is 0 Å². The summed E-state index contributed by atoms with van der Waals surface area (Å²) < 4.78 is 26.0. The van der Waals surface area contributed by atoms with Crippen molar-refractivity contribution in [2.24, 2.45) is 5.92 Å². The van der Waals surface area contributed by atoms with E-state index in [1.165, 1.54) is 54.6 Å². The molecule has 0 heterocycles. The largest absolute Gasteiger partial charge is 0.325 e. The maximum Gasteiger partial charge on any atom is 0.241 e. The smallest absolute Gasteiger partial charge is 0.241 e. The molecule has 0 saturated carbocycles. The summed E-state index contributed by atoms with van der Waals surface area (Å²) in [5, 5.41) is 5.16. The van der Waals surface area contributed by atoms with Crippen LogP contribution in [0.1, 0.15) is 6.92 Å². The molecule has 0 radical (unpaired) electrons. The van der Waals surface area contributed by atoms with Gasteiger partial charge in [-0.1, -0.05) is 18.7 Å². The highest BCUT2D eigenvalue weighted by Crippen LogP contribution is 2.19. The van der Waals surface area contributed by atoms with Gasteiger partial charge in [-0.25, -0.2) is 8.78 Å². The molecule has 134 valence electrons. The Labute approximate surface area is 150 Å². The zero-order valence-corrected chi connectivity index (χ0v) is 14.1. The lowest BCUT2D eigenvalue weighted by atomic mass is 9.96. The van der Waals surface area contributed by atoms with Crippen LogP contribution in [0.15, 0.2) is 72.8 Å². The van der Waals surface area contributed by atoms with Gasteiger partial charge in [0.1, 0.15) is 17.6 Å². The van der Waals surface area contributed by atoms with Gasteiger partial charge in [0.05, 0.1) is 0 Å². The Balaban J connectivity index is 2.22. The van der Waals surface area contributed by atoms with Crippen molar-refractivity contribution in [1.82, 2.24) is 0 Å². The molecular formula is C20H18F2N2O2. The van der Waals surface area contributed by atoms with Crippen LogP contribution in [0.5, 0.6) is 0 Å². The summed E-state index contributed by atoms with van der Waals surface area (Å²) in [4.78, 5) is 25.3. The van der Waals surface area contributed by atoms with Crippen molar-refractivity contribution in [3.63, 3.8) is 0 Å². The maximum atomic E-state index is 13.0. The molecule has 0 aliphatic heterocycles. The topological polar surface area (TPSA) is 58.2 Å². The molecule has 0 bridgehead atoms. The van der Waals surface area contributed by atoms with E-state index in [1.807, 2.05) is 0 Å². The van der Waals surface area contributed by atoms with Gasteiger partial charge in [0.25, 0.3) is 0 Å². The van der Waals surface area contributed by atoms with Gasteiger partial charge in [-0.15, -0.1) is 0 Å². The molecule has 0 aromatic heterocycles. The first kappa shape index (κ1) is 19.1. The molecule has 2 aromatic carbocycles. The third kappa shape index (κ3) is 4.86. The maximum absolute atomic E-state index is 13.0. The predicted octanol–water partition coefficient (Wildman–Crippen LogP) is 4.29. The highest BCUT2D eigenvalue weighted by atomic mass is 19.1. The minimum absolute atomic E-state index is 0.357. The Bertz CT molecular complexity index is 768. The molecule has 0 aliphatic carbocycles. The van der Waals surface area contributed by atoms with Crippen LogP contribution in [0.4, 0.5) is 20.2 Å². The van der Waals surface area contributed by atoms with Crippen molar-refractivity contribution in [3.05, 3.63) is 84.5 Å². The van der Waals surface area contributed by atoms with Crippen LogP contribution in [-0.4, -0.2) is 11.8 Å². The number of carbonyl (C=O) groups is 2. The van der Waals surface area contributed by atoms with Gasteiger partial charge < -0.3 is 10.6 Å². The molecule has 26 heavy (non-hydrogen) atoms. The van der Waals surface area contributed by atoms with Gasteiger partial charge in [-0.2, -0.15) is 0 Å². The Morgan fingerprint density at radius 2 is 1.27 bits per heavy atom. The van der Waals surface area contributed by atoms with E-state index in [0.717, 1.165) is 0 Å². The predicted molar refractivity (Wildman–Crippen MR) is 97.5 cm³/mol. The number of nitrogens with one attached hydrogen (secondary N) is 2. The van der Waals surface area contributed by atoms with E-state index in [2.05, 4.69) is 17.2 Å². The number of benzene rings is 2. The van der Waals surface area contributed by atoms with Gasteiger partial charge in [-0.05, 0) is 61.0 Å². The number of allylic oxidation sites excluding steroid dienone is 2. The zero-order chi connectivity index (χ0) is 19.1. The van der Waals surface area contributed by atoms with E-state index in [0.29, 0.717) is 16.9 Å². The second-order valence-corrected chi connectivity index (χ2v) is 5.42. The van der Waals surface area contributed by atoms with Gasteiger partial charge in [0.15, 0.2) is 0 Å². The van der Waals surface area contributed by atoms with Crippen molar-refractivity contribution in [3.8, 4) is 0 Å². The van der Waals surface area contributed by atoms with Crippen molar-refractivity contribution in [2.45, 2.75) is 6.92 Å². The molecule has 0 saturated heterocycles. The Hall–Kier alpha value is -3.28. The number of anilines is 2. The highest BCUT2D eigenvalue weighted by molar-refractivity contribution is 6.13. The summed E-state index contributed by atoms with van der Waals surface area (Å²) in [7, 11) is 0. The summed E-state index contributed by atoms with van der Waals surface area (Å²) in [5.74, 6) is -3.23. The van der Waals surface area contributed by atoms with E-state index in [1.54, 1.807) is 13.0 Å². The molecule has 0 fully saturated rings. The SMILES string of the molecule is C=C/C(=C\C)C(C(=O)Nc1ccc(F)cc1)C(=O)Nc1ccc(F)cc1. The van der Waals surface area contributed by atoms with E-state index < -0.39 is 29.4 Å². The van der Waals surface area contributed by atoms with Gasteiger partial charge in [0, 0.05) is 11.4 Å². The molecule has 2 rings (SSSR count). The standard InChI is InChI=1S/C20H18F2N2O2/c1-3-13(4-2)18(19(25)23-16-9-5-14(21)6-10-16)20(26)24-17-11-7-15(22)8-12-17/h3-12,18H,1H2,2H3,(H,23,25)(H,24,26)/b13-4+. The first-order valence-electron chi connectivity index (χ1n) is 7.86. The van der Waals surface area contributed by atoms with Gasteiger partial charge in [-0.3, -0.25) is 9.59 Å². The van der Waals surface area contributed by atoms with E-state index >= 15 is 0 Å². The molecule has 2 amide bonds. The van der Waals surface area contributed by atoms with Crippen LogP contribution in [-0.2, 0) is 9.59 Å². The fourth-order valence-corrected chi connectivity index (χ4v) is 2.32. The minimum Gasteiger partial charge on any atom is -0.325 e. The molecule has 0 unspecified atom stereocenters. The Kier molecular flexibility index (Phi) is 6.38. The molecular weight excluding hydrogens is 338 g/mol. The second kappa shape index (κ2) is 8.71. The fourth-order valence-electron chi connectivity index (χ4n) is 2.32. The fraction of sp³-hybridized carbons (Fsp3) is 0.100. The van der Waals surface area contributed by atoms with Crippen molar-refractivity contribution >= 4 is 23.2 Å². The van der Waals surface area contributed by atoms with Gasteiger partial charge in [0.2, 0.25) is 11.8 Å². The van der Waals surface area contributed by atoms with Crippen LogP contribution in [0.3, 0.4) is 0 Å². The zero-order valence-electron chi connectivity index (χ0n) is 14.1.